The second-order valence-corrected chi connectivity index (χ2v) is 10.0. The van der Waals surface area contributed by atoms with E-state index < -0.39 is 23.9 Å². The van der Waals surface area contributed by atoms with Gasteiger partial charge in [-0.05, 0) is 60.3 Å². The average Bonchev–Trinajstić information content (AvgIpc) is 3.19. The Labute approximate surface area is 185 Å². The summed E-state index contributed by atoms with van der Waals surface area (Å²) in [6, 6.07) is 4.48. The third-order valence-corrected chi connectivity index (χ3v) is 6.95. The van der Waals surface area contributed by atoms with Gasteiger partial charge in [0.25, 0.3) is 0 Å². The first-order valence-electron chi connectivity index (χ1n) is 10.7. The zero-order valence-corrected chi connectivity index (χ0v) is 18.4. The summed E-state index contributed by atoms with van der Waals surface area (Å²) in [6.45, 7) is 4.16. The van der Waals surface area contributed by atoms with Crippen LogP contribution in [-0.2, 0) is 12.6 Å². The molecule has 2 aromatic rings. The Morgan fingerprint density at radius 1 is 1.10 bits per heavy atom. The smallest absolute Gasteiger partial charge is 0.388 e. The van der Waals surface area contributed by atoms with Crippen molar-refractivity contribution < 1.29 is 23.4 Å². The molecule has 31 heavy (non-hydrogen) atoms. The van der Waals surface area contributed by atoms with Gasteiger partial charge in [0.15, 0.2) is 0 Å². The van der Waals surface area contributed by atoms with Crippen LogP contribution in [0.4, 0.5) is 13.2 Å². The Bertz CT molecular complexity index is 966. The summed E-state index contributed by atoms with van der Waals surface area (Å²) < 4.78 is 38.8. The molecule has 7 heteroatoms. The monoisotopic (exact) mass is 453 g/mol. The molecule has 1 aromatic heterocycles. The molecule has 2 N–H and O–H groups in total. The van der Waals surface area contributed by atoms with Crippen LogP contribution in [0.1, 0.15) is 97.6 Å². The Morgan fingerprint density at radius 3 is 2.29 bits per heavy atom. The number of hydrogen-bond donors (Lipinski definition) is 2. The van der Waals surface area contributed by atoms with Crippen LogP contribution in [0.25, 0.3) is 0 Å². The van der Waals surface area contributed by atoms with Gasteiger partial charge in [0.05, 0.1) is 11.7 Å². The van der Waals surface area contributed by atoms with E-state index in [2.05, 4.69) is 18.8 Å². The second-order valence-electron chi connectivity index (χ2n) is 9.65. The van der Waals surface area contributed by atoms with Crippen LogP contribution in [0.15, 0.2) is 24.3 Å². The highest BCUT2D eigenvalue weighted by atomic mass is 35.5. The van der Waals surface area contributed by atoms with Crippen molar-refractivity contribution in [2.24, 2.45) is 5.41 Å². The topological polar surface area (TPSA) is 53.4 Å². The van der Waals surface area contributed by atoms with Crippen molar-refractivity contribution in [2.45, 2.75) is 76.7 Å². The second kappa shape index (κ2) is 8.05. The number of aliphatic hydroxyl groups is 2. The Morgan fingerprint density at radius 2 is 1.71 bits per heavy atom. The molecule has 1 heterocycles. The van der Waals surface area contributed by atoms with Crippen LogP contribution in [0.3, 0.4) is 0 Å². The normalized spacial score (nSPS) is 22.4. The molecule has 0 spiro atoms. The van der Waals surface area contributed by atoms with E-state index in [9.17, 15) is 23.4 Å². The molecule has 0 bridgehead atoms. The zero-order valence-electron chi connectivity index (χ0n) is 17.6. The molecule has 3 nitrogen and oxygen atoms in total. The molecule has 1 aromatic carbocycles. The molecule has 0 saturated heterocycles. The maximum Gasteiger partial charge on any atom is 0.416 e. The van der Waals surface area contributed by atoms with Gasteiger partial charge in [-0.1, -0.05) is 50.4 Å². The molecule has 4 rings (SSSR count). The molecular weight excluding hydrogens is 427 g/mol. The van der Waals surface area contributed by atoms with Gasteiger partial charge in [-0.2, -0.15) is 13.2 Å². The van der Waals surface area contributed by atoms with Crippen molar-refractivity contribution in [1.82, 2.24) is 4.98 Å². The van der Waals surface area contributed by atoms with Gasteiger partial charge in [0, 0.05) is 16.8 Å². The summed E-state index contributed by atoms with van der Waals surface area (Å²) in [6.07, 6.45) is -1.16. The van der Waals surface area contributed by atoms with Crippen LogP contribution >= 0.6 is 11.6 Å². The van der Waals surface area contributed by atoms with E-state index in [4.69, 9.17) is 11.6 Å². The maximum atomic E-state index is 12.9. The van der Waals surface area contributed by atoms with Gasteiger partial charge in [-0.3, -0.25) is 0 Å². The number of halogens is 4. The van der Waals surface area contributed by atoms with Crippen molar-refractivity contribution in [3.05, 3.63) is 62.9 Å². The van der Waals surface area contributed by atoms with Crippen molar-refractivity contribution in [1.29, 1.82) is 0 Å². The molecule has 2 aliphatic rings. The first-order chi connectivity index (χ1) is 14.5. The minimum absolute atomic E-state index is 0.122. The average molecular weight is 454 g/mol. The van der Waals surface area contributed by atoms with Crippen LogP contribution in [0.5, 0.6) is 0 Å². The van der Waals surface area contributed by atoms with Crippen LogP contribution in [0.2, 0.25) is 5.15 Å². The first kappa shape index (κ1) is 22.6. The third kappa shape index (κ3) is 4.35. The number of pyridine rings is 1. The summed E-state index contributed by atoms with van der Waals surface area (Å²) in [7, 11) is 0. The Balaban J connectivity index is 1.84. The van der Waals surface area contributed by atoms with E-state index in [1.54, 1.807) is 0 Å². The van der Waals surface area contributed by atoms with Gasteiger partial charge < -0.3 is 10.2 Å². The highest BCUT2D eigenvalue weighted by Gasteiger charge is 2.39. The summed E-state index contributed by atoms with van der Waals surface area (Å²) in [5, 5.41) is 22.4. The predicted molar refractivity (Wildman–Crippen MR) is 113 cm³/mol. The van der Waals surface area contributed by atoms with Gasteiger partial charge in [0.1, 0.15) is 11.3 Å². The Kier molecular flexibility index (Phi) is 5.86. The standard InChI is InChI=1S/C24H27ClF3NO2/c1-23(2)11-16-19(17(30)12-23)18(13-5-3-4-6-13)20(22(25)29-16)21(31)14-7-9-15(10-8-14)24(26,27)28/h7-10,13,17,21,30-31H,3-6,11-12H2,1-2H3. The summed E-state index contributed by atoms with van der Waals surface area (Å²) in [4.78, 5) is 4.56. The van der Waals surface area contributed by atoms with Crippen LogP contribution < -0.4 is 0 Å². The number of aromatic nitrogens is 1. The number of nitrogens with zero attached hydrogens (tertiary/aromatic N) is 1. The highest BCUT2D eigenvalue weighted by molar-refractivity contribution is 6.30. The molecule has 168 valence electrons. The molecule has 1 saturated carbocycles. The summed E-state index contributed by atoms with van der Waals surface area (Å²) in [5.41, 5.74) is 2.22. The zero-order chi connectivity index (χ0) is 22.6. The number of rotatable bonds is 3. The summed E-state index contributed by atoms with van der Waals surface area (Å²) >= 11 is 6.60. The maximum absolute atomic E-state index is 12.9. The molecule has 0 radical (unpaired) electrons. The molecule has 0 aliphatic heterocycles. The lowest BCUT2D eigenvalue weighted by Gasteiger charge is -2.37. The van der Waals surface area contributed by atoms with Gasteiger partial charge in [-0.25, -0.2) is 4.98 Å². The Hall–Kier alpha value is -1.63. The van der Waals surface area contributed by atoms with E-state index in [1.807, 2.05) is 0 Å². The third-order valence-electron chi connectivity index (χ3n) is 6.66. The predicted octanol–water partition coefficient (Wildman–Crippen LogP) is 6.50. The lowest BCUT2D eigenvalue weighted by molar-refractivity contribution is -0.137. The van der Waals surface area contributed by atoms with Crippen LogP contribution in [-0.4, -0.2) is 15.2 Å². The molecule has 2 unspecified atom stereocenters. The van der Waals surface area contributed by atoms with E-state index in [1.165, 1.54) is 12.1 Å². The fourth-order valence-electron chi connectivity index (χ4n) is 5.24. The van der Waals surface area contributed by atoms with E-state index in [0.29, 0.717) is 24.0 Å². The number of benzene rings is 1. The number of aliphatic hydroxyl groups excluding tert-OH is 2. The number of fused-ring (bicyclic) bond motifs is 1. The molecule has 1 fully saturated rings. The lowest BCUT2D eigenvalue weighted by atomic mass is 9.71. The van der Waals surface area contributed by atoms with Crippen molar-refractivity contribution in [3.63, 3.8) is 0 Å². The number of hydrogen-bond acceptors (Lipinski definition) is 3. The molecule has 2 aliphatic carbocycles. The quantitative estimate of drug-likeness (QED) is 0.521. The number of alkyl halides is 3. The minimum atomic E-state index is -4.44. The molecular formula is C24H27ClF3NO2. The van der Waals surface area contributed by atoms with Gasteiger partial charge in [-0.15, -0.1) is 0 Å². The highest BCUT2D eigenvalue weighted by Crippen LogP contribution is 2.50. The van der Waals surface area contributed by atoms with E-state index in [0.717, 1.165) is 54.6 Å². The van der Waals surface area contributed by atoms with E-state index in [-0.39, 0.29) is 16.5 Å². The SMILES string of the molecule is CC1(C)Cc2nc(Cl)c(C(O)c3ccc(C(F)(F)F)cc3)c(C3CCCC3)c2C(O)C1. The fourth-order valence-corrected chi connectivity index (χ4v) is 5.55. The van der Waals surface area contributed by atoms with Crippen molar-refractivity contribution in [2.75, 3.05) is 0 Å². The molecule has 0 amide bonds. The van der Waals surface area contributed by atoms with Crippen molar-refractivity contribution >= 4 is 11.6 Å². The van der Waals surface area contributed by atoms with Gasteiger partial charge >= 0.3 is 6.18 Å². The largest absolute Gasteiger partial charge is 0.416 e. The van der Waals surface area contributed by atoms with Gasteiger partial charge in [0.2, 0.25) is 0 Å². The van der Waals surface area contributed by atoms with Crippen LogP contribution in [0, 0.1) is 5.41 Å². The first-order valence-corrected chi connectivity index (χ1v) is 11.1. The fraction of sp³-hybridized carbons (Fsp3) is 0.542. The molecule has 2 atom stereocenters. The van der Waals surface area contributed by atoms with Crippen molar-refractivity contribution in [3.8, 4) is 0 Å². The summed E-state index contributed by atoms with van der Waals surface area (Å²) in [5.74, 6) is 0.143. The van der Waals surface area contributed by atoms with E-state index >= 15 is 0 Å². The lowest BCUT2D eigenvalue weighted by Crippen LogP contribution is -2.29. The minimum Gasteiger partial charge on any atom is -0.388 e.